The van der Waals surface area contributed by atoms with Crippen LogP contribution in [0.25, 0.3) is 0 Å². The van der Waals surface area contributed by atoms with E-state index >= 15 is 0 Å². The highest BCUT2D eigenvalue weighted by Crippen LogP contribution is 2.47. The van der Waals surface area contributed by atoms with Crippen LogP contribution in [0.5, 0.6) is 0 Å². The van der Waals surface area contributed by atoms with Crippen LogP contribution in [-0.2, 0) is 9.59 Å². The molecule has 0 aromatic heterocycles. The number of nitrogens with zero attached hydrogens (tertiary/aromatic N) is 1. The fraction of sp³-hybridized carbons (Fsp3) is 0.500. The number of hydrogen-bond donors (Lipinski definition) is 1. The van der Waals surface area contributed by atoms with E-state index in [1.54, 1.807) is 0 Å². The second-order valence-corrected chi connectivity index (χ2v) is 5.76. The summed E-state index contributed by atoms with van der Waals surface area (Å²) in [5.41, 5.74) is 2.33. The highest BCUT2D eigenvalue weighted by atomic mass is 16.2. The zero-order valence-corrected chi connectivity index (χ0v) is 11.9. The van der Waals surface area contributed by atoms with E-state index in [2.05, 4.69) is 29.6 Å². The van der Waals surface area contributed by atoms with Crippen molar-refractivity contribution in [3.05, 3.63) is 35.4 Å². The highest BCUT2D eigenvalue weighted by Gasteiger charge is 2.58. The molecule has 1 aliphatic carbocycles. The maximum Gasteiger partial charge on any atom is 0.233 e. The molecule has 1 saturated carbocycles. The van der Waals surface area contributed by atoms with E-state index in [1.807, 2.05) is 13.8 Å². The molecule has 4 heteroatoms. The number of nitrogens with one attached hydrogen (secondary N) is 1. The molecule has 0 radical (unpaired) electrons. The lowest BCUT2D eigenvalue weighted by atomic mass is 10.0. The number of fused-ring (bicyclic) bond motifs is 1. The van der Waals surface area contributed by atoms with Crippen molar-refractivity contribution < 1.29 is 9.59 Å². The third-order valence-electron chi connectivity index (χ3n) is 4.25. The standard InChI is InChI=1S/C16H20N2O2/c1-3-17-14(11-6-4-10(2)5-7-11)9-18-15(19)12-8-13(12)16(18)20/h4-7,12-14,17H,3,8-9H2,1-2H3. The molecule has 4 nitrogen and oxygen atoms in total. The average molecular weight is 272 g/mol. The van der Waals surface area contributed by atoms with Gasteiger partial charge in [0.05, 0.1) is 17.9 Å². The number of piperidine rings is 1. The van der Waals surface area contributed by atoms with Crippen LogP contribution in [0.4, 0.5) is 0 Å². The third kappa shape index (κ3) is 2.24. The van der Waals surface area contributed by atoms with E-state index in [1.165, 1.54) is 10.5 Å². The number of aryl methyl sites for hydroxylation is 1. The van der Waals surface area contributed by atoms with Gasteiger partial charge in [-0.25, -0.2) is 0 Å². The summed E-state index contributed by atoms with van der Waals surface area (Å²) in [6.45, 7) is 5.34. The minimum absolute atomic E-state index is 0.0113. The van der Waals surface area contributed by atoms with Crippen LogP contribution in [0.1, 0.15) is 30.5 Å². The van der Waals surface area contributed by atoms with Crippen molar-refractivity contribution >= 4 is 11.8 Å². The normalized spacial score (nSPS) is 25.8. The van der Waals surface area contributed by atoms with Crippen LogP contribution in [0.3, 0.4) is 0 Å². The van der Waals surface area contributed by atoms with Gasteiger partial charge >= 0.3 is 0 Å². The molecule has 1 heterocycles. The predicted octanol–water partition coefficient (Wildman–Crippen LogP) is 1.65. The van der Waals surface area contributed by atoms with Gasteiger partial charge in [-0.15, -0.1) is 0 Å². The summed E-state index contributed by atoms with van der Waals surface area (Å²) >= 11 is 0. The molecule has 3 atom stereocenters. The molecule has 1 aliphatic heterocycles. The summed E-state index contributed by atoms with van der Waals surface area (Å²) in [6.07, 6.45) is 0.768. The zero-order chi connectivity index (χ0) is 14.3. The number of likely N-dealkylation sites (tertiary alicyclic amines) is 1. The van der Waals surface area contributed by atoms with Crippen molar-refractivity contribution in [3.8, 4) is 0 Å². The molecule has 3 unspecified atom stereocenters. The van der Waals surface area contributed by atoms with E-state index in [4.69, 9.17) is 0 Å². The third-order valence-corrected chi connectivity index (χ3v) is 4.25. The molecule has 0 spiro atoms. The van der Waals surface area contributed by atoms with Crippen LogP contribution in [0, 0.1) is 18.8 Å². The van der Waals surface area contributed by atoms with Crippen LogP contribution in [0.15, 0.2) is 24.3 Å². The lowest BCUT2D eigenvalue weighted by molar-refractivity contribution is -0.141. The molecule has 1 aromatic carbocycles. The largest absolute Gasteiger partial charge is 0.309 e. The van der Waals surface area contributed by atoms with Gasteiger partial charge in [0, 0.05) is 6.54 Å². The van der Waals surface area contributed by atoms with Crippen LogP contribution < -0.4 is 5.32 Å². The fourth-order valence-electron chi connectivity index (χ4n) is 2.95. The van der Waals surface area contributed by atoms with Crippen molar-refractivity contribution in [2.24, 2.45) is 11.8 Å². The molecule has 1 saturated heterocycles. The summed E-state index contributed by atoms with van der Waals surface area (Å²) in [6, 6.07) is 8.27. The lowest BCUT2D eigenvalue weighted by Gasteiger charge is -2.25. The van der Waals surface area contributed by atoms with Crippen molar-refractivity contribution in [1.29, 1.82) is 0 Å². The SMILES string of the molecule is CCNC(CN1C(=O)C2CC2C1=O)c1ccc(C)cc1. The molecule has 106 valence electrons. The van der Waals surface area contributed by atoms with Gasteiger partial charge in [-0.1, -0.05) is 36.8 Å². The Hall–Kier alpha value is -1.68. The molecule has 1 aromatic rings. The Kier molecular flexibility index (Phi) is 3.34. The van der Waals surface area contributed by atoms with E-state index in [0.29, 0.717) is 6.54 Å². The van der Waals surface area contributed by atoms with Gasteiger partial charge in [-0.05, 0) is 25.5 Å². The van der Waals surface area contributed by atoms with Gasteiger partial charge in [-0.2, -0.15) is 0 Å². The molecular weight excluding hydrogens is 252 g/mol. The number of carbonyl (C=O) groups is 2. The number of hydrogen-bond acceptors (Lipinski definition) is 3. The van der Waals surface area contributed by atoms with Gasteiger partial charge in [-0.3, -0.25) is 14.5 Å². The Morgan fingerprint density at radius 1 is 1.20 bits per heavy atom. The maximum absolute atomic E-state index is 12.1. The molecule has 2 fully saturated rings. The highest BCUT2D eigenvalue weighted by molar-refractivity contribution is 6.08. The predicted molar refractivity (Wildman–Crippen MR) is 75.9 cm³/mol. The number of rotatable bonds is 5. The van der Waals surface area contributed by atoms with Gasteiger partial charge in [0.15, 0.2) is 0 Å². The van der Waals surface area contributed by atoms with E-state index in [0.717, 1.165) is 18.5 Å². The second-order valence-electron chi connectivity index (χ2n) is 5.76. The fourth-order valence-corrected chi connectivity index (χ4v) is 2.95. The van der Waals surface area contributed by atoms with Gasteiger partial charge in [0.25, 0.3) is 0 Å². The smallest absolute Gasteiger partial charge is 0.233 e. The Balaban J connectivity index is 1.76. The zero-order valence-electron chi connectivity index (χ0n) is 11.9. The first-order valence-electron chi connectivity index (χ1n) is 7.27. The Morgan fingerprint density at radius 3 is 2.35 bits per heavy atom. The Morgan fingerprint density at radius 2 is 1.80 bits per heavy atom. The minimum Gasteiger partial charge on any atom is -0.309 e. The molecular formula is C16H20N2O2. The average Bonchev–Trinajstić information content (AvgIpc) is 3.19. The molecule has 3 rings (SSSR count). The molecule has 2 aliphatic rings. The summed E-state index contributed by atoms with van der Waals surface area (Å²) < 4.78 is 0. The van der Waals surface area contributed by atoms with Crippen molar-refractivity contribution in [3.63, 3.8) is 0 Å². The first-order chi connectivity index (χ1) is 9.61. The number of carbonyl (C=O) groups excluding carboxylic acids is 2. The van der Waals surface area contributed by atoms with Gasteiger partial charge in [0.1, 0.15) is 0 Å². The second kappa shape index (κ2) is 5.02. The Bertz CT molecular complexity index is 518. The van der Waals surface area contributed by atoms with E-state index < -0.39 is 0 Å². The molecule has 20 heavy (non-hydrogen) atoms. The number of imide groups is 1. The van der Waals surface area contributed by atoms with E-state index in [-0.39, 0.29) is 29.7 Å². The summed E-state index contributed by atoms with van der Waals surface area (Å²) in [4.78, 5) is 25.6. The molecule has 0 bridgehead atoms. The molecule has 2 amide bonds. The van der Waals surface area contributed by atoms with Gasteiger partial charge in [0.2, 0.25) is 11.8 Å². The summed E-state index contributed by atoms with van der Waals surface area (Å²) in [7, 11) is 0. The van der Waals surface area contributed by atoms with Crippen LogP contribution >= 0.6 is 0 Å². The lowest BCUT2D eigenvalue weighted by Crippen LogP contribution is -2.40. The minimum atomic E-state index is -0.0113. The number of benzene rings is 1. The van der Waals surface area contributed by atoms with Crippen LogP contribution in [0.2, 0.25) is 0 Å². The summed E-state index contributed by atoms with van der Waals surface area (Å²) in [5, 5.41) is 3.37. The maximum atomic E-state index is 12.1. The Labute approximate surface area is 119 Å². The van der Waals surface area contributed by atoms with Crippen LogP contribution in [-0.4, -0.2) is 29.8 Å². The first-order valence-corrected chi connectivity index (χ1v) is 7.27. The van der Waals surface area contributed by atoms with Crippen molar-refractivity contribution in [2.45, 2.75) is 26.3 Å². The quantitative estimate of drug-likeness (QED) is 0.829. The molecule has 1 N–H and O–H groups in total. The first kappa shape index (κ1) is 13.3. The number of amides is 2. The summed E-state index contributed by atoms with van der Waals surface area (Å²) in [5.74, 6) is 0.0237. The van der Waals surface area contributed by atoms with E-state index in [9.17, 15) is 9.59 Å². The van der Waals surface area contributed by atoms with Gasteiger partial charge < -0.3 is 5.32 Å². The van der Waals surface area contributed by atoms with Crippen molar-refractivity contribution in [1.82, 2.24) is 10.2 Å². The monoisotopic (exact) mass is 272 g/mol. The topological polar surface area (TPSA) is 49.4 Å². The van der Waals surface area contributed by atoms with Crippen molar-refractivity contribution in [2.75, 3.05) is 13.1 Å². The number of likely N-dealkylation sites (N-methyl/N-ethyl adjacent to an activating group) is 1.